The molecular weight excluding hydrogens is 344 g/mol. The molecule has 0 aromatic heterocycles. The predicted molar refractivity (Wildman–Crippen MR) is 71.9 cm³/mol. The summed E-state index contributed by atoms with van der Waals surface area (Å²) in [5, 5.41) is 0. The summed E-state index contributed by atoms with van der Waals surface area (Å²) < 4.78 is 3.05. The van der Waals surface area contributed by atoms with Crippen LogP contribution in [0.3, 0.4) is 0 Å². The van der Waals surface area contributed by atoms with Gasteiger partial charge in [0.1, 0.15) is 0 Å². The Labute approximate surface area is 100 Å². The van der Waals surface area contributed by atoms with Crippen molar-refractivity contribution in [2.75, 3.05) is 0 Å². The topological polar surface area (TPSA) is 0 Å². The SMILES string of the molecule is [I][Ge]([c]1ccccc1)[c]1ccccc1. The molecule has 0 atom stereocenters. The third kappa shape index (κ3) is 2.39. The van der Waals surface area contributed by atoms with Gasteiger partial charge < -0.3 is 0 Å². The van der Waals surface area contributed by atoms with E-state index in [4.69, 9.17) is 0 Å². The Morgan fingerprint density at radius 2 is 1.00 bits per heavy atom. The second kappa shape index (κ2) is 4.98. The van der Waals surface area contributed by atoms with Gasteiger partial charge in [-0.3, -0.25) is 0 Å². The van der Waals surface area contributed by atoms with E-state index in [0.717, 1.165) is 0 Å². The fraction of sp³-hybridized carbons (Fsp3) is 0. The van der Waals surface area contributed by atoms with E-state index in [1.54, 1.807) is 0 Å². The molecule has 0 saturated carbocycles. The van der Waals surface area contributed by atoms with Crippen molar-refractivity contribution in [3.05, 3.63) is 60.7 Å². The Hall–Kier alpha value is -0.287. The number of benzene rings is 2. The Morgan fingerprint density at radius 3 is 1.36 bits per heavy atom. The molecule has 0 unspecified atom stereocenters. The van der Waals surface area contributed by atoms with Crippen LogP contribution in [0.5, 0.6) is 0 Å². The molecule has 2 heteroatoms. The van der Waals surface area contributed by atoms with Gasteiger partial charge in [0.05, 0.1) is 0 Å². The van der Waals surface area contributed by atoms with E-state index in [9.17, 15) is 0 Å². The van der Waals surface area contributed by atoms with Gasteiger partial charge in [0.15, 0.2) is 0 Å². The second-order valence-corrected chi connectivity index (χ2v) is 12.4. The van der Waals surface area contributed by atoms with Crippen LogP contribution in [-0.4, -0.2) is 11.0 Å². The summed E-state index contributed by atoms with van der Waals surface area (Å²) in [7, 11) is 0. The van der Waals surface area contributed by atoms with Crippen molar-refractivity contribution in [1.29, 1.82) is 0 Å². The zero-order chi connectivity index (χ0) is 9.80. The average molecular weight is 354 g/mol. The third-order valence-corrected chi connectivity index (χ3v) is 12.1. The Balaban J connectivity index is 2.30. The zero-order valence-corrected chi connectivity index (χ0v) is 11.9. The fourth-order valence-electron chi connectivity index (χ4n) is 1.34. The number of hydrogen-bond acceptors (Lipinski definition) is 0. The molecule has 0 bridgehead atoms. The summed E-state index contributed by atoms with van der Waals surface area (Å²) >= 11 is 1.41. The standard InChI is InChI=1S/C12H10GeI/c14-13(11-7-3-1-4-8-11)12-9-5-2-6-10-12/h1-10H. The first kappa shape index (κ1) is 10.2. The summed E-state index contributed by atoms with van der Waals surface area (Å²) in [6.07, 6.45) is 0. The van der Waals surface area contributed by atoms with Crippen molar-refractivity contribution < 1.29 is 0 Å². The van der Waals surface area contributed by atoms with Crippen LogP contribution in [-0.2, 0) is 0 Å². The van der Waals surface area contributed by atoms with Crippen LogP contribution < -0.4 is 8.79 Å². The molecule has 0 fully saturated rings. The molecule has 0 amide bonds. The van der Waals surface area contributed by atoms with Gasteiger partial charge in [-0.25, -0.2) is 0 Å². The van der Waals surface area contributed by atoms with Crippen LogP contribution in [0.25, 0.3) is 0 Å². The molecule has 1 radical (unpaired) electrons. The number of halogens is 1. The molecule has 0 aliphatic rings. The van der Waals surface area contributed by atoms with E-state index in [1.807, 2.05) is 0 Å². The summed E-state index contributed by atoms with van der Waals surface area (Å²) in [5.74, 6) is 0. The molecule has 14 heavy (non-hydrogen) atoms. The first-order valence-electron chi connectivity index (χ1n) is 4.51. The molecule has 69 valence electrons. The molecule has 2 rings (SSSR count). The van der Waals surface area contributed by atoms with E-state index < -0.39 is 11.0 Å². The van der Waals surface area contributed by atoms with Crippen LogP contribution in [0.2, 0.25) is 0 Å². The maximum atomic E-state index is 2.64. The van der Waals surface area contributed by atoms with E-state index in [0.29, 0.717) is 0 Å². The summed E-state index contributed by atoms with van der Waals surface area (Å²) in [6.45, 7) is 0. The van der Waals surface area contributed by atoms with Gasteiger partial charge in [0.2, 0.25) is 0 Å². The molecule has 0 nitrogen and oxygen atoms in total. The molecule has 2 aromatic carbocycles. The molecule has 0 aliphatic heterocycles. The Bertz CT molecular complexity index is 346. The summed E-state index contributed by atoms with van der Waals surface area (Å²) in [6, 6.07) is 21.7. The van der Waals surface area contributed by atoms with E-state index in [2.05, 4.69) is 80.9 Å². The summed E-state index contributed by atoms with van der Waals surface area (Å²) in [5.41, 5.74) is 0. The first-order valence-corrected chi connectivity index (χ1v) is 13.0. The van der Waals surface area contributed by atoms with Gasteiger partial charge in [-0.05, 0) is 0 Å². The van der Waals surface area contributed by atoms with Crippen molar-refractivity contribution in [3.8, 4) is 0 Å². The fourth-order valence-corrected chi connectivity index (χ4v) is 7.81. The van der Waals surface area contributed by atoms with E-state index in [-0.39, 0.29) is 0 Å². The molecule has 0 aliphatic carbocycles. The molecule has 0 spiro atoms. The Morgan fingerprint density at radius 1 is 0.643 bits per heavy atom. The normalized spacial score (nSPS) is 10.4. The van der Waals surface area contributed by atoms with Crippen LogP contribution >= 0.6 is 20.2 Å². The van der Waals surface area contributed by atoms with Gasteiger partial charge in [0, 0.05) is 0 Å². The quantitative estimate of drug-likeness (QED) is 0.574. The molecule has 0 saturated heterocycles. The minimum atomic E-state index is -1.23. The molecule has 2 aromatic rings. The minimum absolute atomic E-state index is 1.23. The van der Waals surface area contributed by atoms with Crippen molar-refractivity contribution in [3.63, 3.8) is 0 Å². The molecular formula is C12H10GeI. The number of hydrogen-bond donors (Lipinski definition) is 0. The van der Waals surface area contributed by atoms with Crippen LogP contribution in [0.4, 0.5) is 0 Å². The van der Waals surface area contributed by atoms with Crippen LogP contribution in [0.1, 0.15) is 0 Å². The third-order valence-electron chi connectivity index (χ3n) is 2.05. The maximum absolute atomic E-state index is 2.64. The monoisotopic (exact) mass is 355 g/mol. The van der Waals surface area contributed by atoms with Crippen LogP contribution in [0.15, 0.2) is 60.7 Å². The summed E-state index contributed by atoms with van der Waals surface area (Å²) in [4.78, 5) is 0. The molecule has 0 heterocycles. The van der Waals surface area contributed by atoms with Crippen molar-refractivity contribution in [1.82, 2.24) is 0 Å². The van der Waals surface area contributed by atoms with Crippen molar-refractivity contribution in [2.45, 2.75) is 0 Å². The van der Waals surface area contributed by atoms with Crippen molar-refractivity contribution >= 4 is 40.0 Å². The number of rotatable bonds is 2. The van der Waals surface area contributed by atoms with Gasteiger partial charge in [-0.1, -0.05) is 0 Å². The average Bonchev–Trinajstić information content (AvgIpc) is 2.30. The zero-order valence-electron chi connectivity index (χ0n) is 7.65. The van der Waals surface area contributed by atoms with Gasteiger partial charge in [0.25, 0.3) is 0 Å². The van der Waals surface area contributed by atoms with Gasteiger partial charge >= 0.3 is 101 Å². The van der Waals surface area contributed by atoms with Gasteiger partial charge in [-0.2, -0.15) is 0 Å². The van der Waals surface area contributed by atoms with Crippen molar-refractivity contribution in [2.24, 2.45) is 0 Å². The van der Waals surface area contributed by atoms with Gasteiger partial charge in [-0.15, -0.1) is 0 Å². The van der Waals surface area contributed by atoms with Crippen LogP contribution in [0, 0.1) is 0 Å². The van der Waals surface area contributed by atoms with E-state index in [1.165, 1.54) is 8.79 Å². The predicted octanol–water partition coefficient (Wildman–Crippen LogP) is 2.23. The Kier molecular flexibility index (Phi) is 3.64. The van der Waals surface area contributed by atoms with E-state index >= 15 is 0 Å². The molecule has 0 N–H and O–H groups in total. The first-order chi connectivity index (χ1) is 6.88. The second-order valence-electron chi connectivity index (χ2n) is 3.05.